The molecule has 2 aliphatic heterocycles. The van der Waals surface area contributed by atoms with Crippen LogP contribution in [0.15, 0.2) is 11.6 Å². The Hall–Kier alpha value is -0.980. The summed E-state index contributed by atoms with van der Waals surface area (Å²) in [6, 6.07) is 0. The average molecular weight is 295 g/mol. The first-order chi connectivity index (χ1) is 9.67. The van der Waals surface area contributed by atoms with E-state index in [1.165, 1.54) is 0 Å². The summed E-state index contributed by atoms with van der Waals surface area (Å²) >= 11 is 1.70. The van der Waals surface area contributed by atoms with Crippen LogP contribution >= 0.6 is 11.3 Å². The van der Waals surface area contributed by atoms with E-state index in [1.807, 2.05) is 16.5 Å². The lowest BCUT2D eigenvalue weighted by Gasteiger charge is -2.47. The van der Waals surface area contributed by atoms with Crippen molar-refractivity contribution in [1.29, 1.82) is 0 Å². The number of likely N-dealkylation sites (tertiary alicyclic amines) is 1. The van der Waals surface area contributed by atoms with E-state index < -0.39 is 0 Å². The summed E-state index contributed by atoms with van der Waals surface area (Å²) in [6.07, 6.45) is 3.93. The molecule has 1 aromatic rings. The molecule has 2 fully saturated rings. The third-order valence-electron chi connectivity index (χ3n) is 4.15. The maximum Gasteiger partial charge on any atom is 0.219 e. The van der Waals surface area contributed by atoms with Crippen molar-refractivity contribution >= 4 is 17.2 Å². The van der Waals surface area contributed by atoms with Crippen LogP contribution in [0.2, 0.25) is 0 Å². The fourth-order valence-electron chi connectivity index (χ4n) is 3.19. The molecule has 1 atom stereocenters. The van der Waals surface area contributed by atoms with Crippen molar-refractivity contribution in [2.24, 2.45) is 0 Å². The summed E-state index contributed by atoms with van der Waals surface area (Å²) < 4.78 is 6.08. The van der Waals surface area contributed by atoms with Gasteiger partial charge in [-0.25, -0.2) is 4.98 Å². The van der Waals surface area contributed by atoms with E-state index in [-0.39, 0.29) is 11.5 Å². The minimum absolute atomic E-state index is 0.157. The van der Waals surface area contributed by atoms with E-state index in [4.69, 9.17) is 4.74 Å². The van der Waals surface area contributed by atoms with Crippen molar-refractivity contribution in [3.05, 3.63) is 16.6 Å². The number of thiazole rings is 1. The molecule has 1 amide bonds. The second kappa shape index (κ2) is 5.79. The molecule has 2 saturated heterocycles. The lowest BCUT2D eigenvalue weighted by Crippen LogP contribution is -2.60. The first-order valence-corrected chi connectivity index (χ1v) is 8.05. The van der Waals surface area contributed by atoms with E-state index in [0.717, 1.165) is 57.2 Å². The minimum Gasteiger partial charge on any atom is -0.370 e. The first-order valence-electron chi connectivity index (χ1n) is 7.17. The lowest BCUT2D eigenvalue weighted by molar-refractivity contribution is -0.156. The summed E-state index contributed by atoms with van der Waals surface area (Å²) in [6.45, 7) is 6.73. The molecule has 1 spiro atoms. The molecule has 5 nitrogen and oxygen atoms in total. The molecule has 6 heteroatoms. The molecular weight excluding hydrogens is 274 g/mol. The van der Waals surface area contributed by atoms with Crippen molar-refractivity contribution in [3.8, 4) is 0 Å². The maximum absolute atomic E-state index is 11.6. The molecule has 2 aliphatic rings. The highest BCUT2D eigenvalue weighted by molar-refractivity contribution is 7.09. The molecule has 3 rings (SSSR count). The Morgan fingerprint density at radius 1 is 1.50 bits per heavy atom. The van der Waals surface area contributed by atoms with E-state index >= 15 is 0 Å². The zero-order chi connectivity index (χ0) is 14.0. The van der Waals surface area contributed by atoms with Crippen molar-refractivity contribution < 1.29 is 9.53 Å². The Labute approximate surface area is 123 Å². The second-order valence-corrected chi connectivity index (χ2v) is 6.69. The van der Waals surface area contributed by atoms with Crippen molar-refractivity contribution in [1.82, 2.24) is 14.8 Å². The van der Waals surface area contributed by atoms with Gasteiger partial charge in [0.25, 0.3) is 0 Å². The lowest BCUT2D eigenvalue weighted by atomic mass is 9.90. The molecule has 3 heterocycles. The molecule has 0 bridgehead atoms. The van der Waals surface area contributed by atoms with Gasteiger partial charge in [0.2, 0.25) is 5.91 Å². The number of hydrogen-bond acceptors (Lipinski definition) is 5. The van der Waals surface area contributed by atoms with Crippen molar-refractivity contribution in [3.63, 3.8) is 0 Å². The number of morpholine rings is 1. The summed E-state index contributed by atoms with van der Waals surface area (Å²) in [7, 11) is 0. The van der Waals surface area contributed by atoms with Crippen LogP contribution in [-0.2, 0) is 16.1 Å². The Balaban J connectivity index is 1.65. The Bertz CT molecular complexity index is 461. The predicted octanol–water partition coefficient (Wildman–Crippen LogP) is 1.36. The van der Waals surface area contributed by atoms with Gasteiger partial charge in [0.15, 0.2) is 0 Å². The van der Waals surface area contributed by atoms with Gasteiger partial charge in [0.05, 0.1) is 25.3 Å². The van der Waals surface area contributed by atoms with Crippen LogP contribution in [0.3, 0.4) is 0 Å². The number of aromatic nitrogens is 1. The van der Waals surface area contributed by atoms with Crippen LogP contribution in [0.4, 0.5) is 0 Å². The summed E-state index contributed by atoms with van der Waals surface area (Å²) in [5.41, 5.74) is -0.167. The second-order valence-electron chi connectivity index (χ2n) is 5.71. The van der Waals surface area contributed by atoms with Crippen LogP contribution in [0, 0.1) is 0 Å². The quantitative estimate of drug-likeness (QED) is 0.826. The number of piperidine rings is 1. The largest absolute Gasteiger partial charge is 0.370 e. The Morgan fingerprint density at radius 3 is 3.15 bits per heavy atom. The molecule has 0 aliphatic carbocycles. The number of carbonyl (C=O) groups excluding carboxylic acids is 1. The van der Waals surface area contributed by atoms with Gasteiger partial charge in [-0.2, -0.15) is 0 Å². The third-order valence-corrected chi connectivity index (χ3v) is 4.92. The number of nitrogens with zero attached hydrogens (tertiary/aromatic N) is 3. The molecular formula is C14H21N3O2S. The van der Waals surface area contributed by atoms with Gasteiger partial charge in [-0.1, -0.05) is 0 Å². The van der Waals surface area contributed by atoms with Crippen LogP contribution < -0.4 is 0 Å². The Kier molecular flexibility index (Phi) is 4.05. The fourth-order valence-corrected chi connectivity index (χ4v) is 3.85. The molecule has 1 aromatic heterocycles. The van der Waals surface area contributed by atoms with Gasteiger partial charge < -0.3 is 9.64 Å². The molecule has 0 radical (unpaired) electrons. The van der Waals surface area contributed by atoms with Gasteiger partial charge in [-0.3, -0.25) is 9.69 Å². The maximum atomic E-state index is 11.6. The fraction of sp³-hybridized carbons (Fsp3) is 0.714. The highest BCUT2D eigenvalue weighted by Crippen LogP contribution is 2.29. The number of rotatable bonds is 2. The van der Waals surface area contributed by atoms with E-state index in [9.17, 15) is 4.79 Å². The minimum atomic E-state index is -0.167. The SMILES string of the molecule is CC(=O)N1CCC[C@@]2(CN(Cc3nccs3)CCO2)C1. The van der Waals surface area contributed by atoms with Gasteiger partial charge in [0, 0.05) is 38.1 Å². The molecule has 20 heavy (non-hydrogen) atoms. The molecule has 0 aromatic carbocycles. The monoisotopic (exact) mass is 295 g/mol. The highest BCUT2D eigenvalue weighted by atomic mass is 32.1. The Morgan fingerprint density at radius 2 is 2.40 bits per heavy atom. The zero-order valence-corrected chi connectivity index (χ0v) is 12.7. The standard InChI is InChI=1S/C14H21N3O2S/c1-12(18)17-5-2-3-14(11-17)10-16(6-7-19-14)9-13-15-4-8-20-13/h4,8H,2-3,5-7,9-11H2,1H3/t14-/m1/s1. The number of ether oxygens (including phenoxy) is 1. The van der Waals surface area contributed by atoms with Gasteiger partial charge in [-0.05, 0) is 12.8 Å². The third kappa shape index (κ3) is 3.02. The summed E-state index contributed by atoms with van der Waals surface area (Å²) in [5, 5.41) is 3.17. The number of hydrogen-bond donors (Lipinski definition) is 0. The van der Waals surface area contributed by atoms with Crippen LogP contribution in [0.25, 0.3) is 0 Å². The molecule has 0 N–H and O–H groups in total. The van der Waals surface area contributed by atoms with Crippen LogP contribution in [0.1, 0.15) is 24.8 Å². The smallest absolute Gasteiger partial charge is 0.219 e. The summed E-state index contributed by atoms with van der Waals surface area (Å²) in [4.78, 5) is 20.3. The highest BCUT2D eigenvalue weighted by Gasteiger charge is 2.41. The number of carbonyl (C=O) groups is 1. The van der Waals surface area contributed by atoms with Gasteiger partial charge in [0.1, 0.15) is 5.01 Å². The topological polar surface area (TPSA) is 45.7 Å². The normalized spacial score (nSPS) is 27.9. The van der Waals surface area contributed by atoms with Crippen LogP contribution in [0.5, 0.6) is 0 Å². The molecule has 0 saturated carbocycles. The zero-order valence-electron chi connectivity index (χ0n) is 11.9. The number of amides is 1. The van der Waals surface area contributed by atoms with Crippen LogP contribution in [-0.4, -0.2) is 59.1 Å². The average Bonchev–Trinajstić information content (AvgIpc) is 2.92. The summed E-state index contributed by atoms with van der Waals surface area (Å²) in [5.74, 6) is 0.157. The first kappa shape index (κ1) is 14.0. The van der Waals surface area contributed by atoms with E-state index in [2.05, 4.69) is 9.88 Å². The molecule has 110 valence electrons. The van der Waals surface area contributed by atoms with E-state index in [0.29, 0.717) is 0 Å². The van der Waals surface area contributed by atoms with E-state index in [1.54, 1.807) is 18.3 Å². The van der Waals surface area contributed by atoms with Crippen molar-refractivity contribution in [2.45, 2.75) is 31.9 Å². The van der Waals surface area contributed by atoms with Crippen molar-refractivity contribution in [2.75, 3.05) is 32.8 Å². The molecule has 0 unspecified atom stereocenters. The van der Waals surface area contributed by atoms with Gasteiger partial charge >= 0.3 is 0 Å². The predicted molar refractivity (Wildman–Crippen MR) is 77.6 cm³/mol. The van der Waals surface area contributed by atoms with Gasteiger partial charge in [-0.15, -0.1) is 11.3 Å².